The highest BCUT2D eigenvalue weighted by atomic mass is 19.1. The van der Waals surface area contributed by atoms with Gasteiger partial charge in [0.05, 0.1) is 0 Å². The summed E-state index contributed by atoms with van der Waals surface area (Å²) in [7, 11) is 0. The van der Waals surface area contributed by atoms with Gasteiger partial charge in [0.1, 0.15) is 11.6 Å². The van der Waals surface area contributed by atoms with E-state index in [9.17, 15) is 8.78 Å². The number of hydrogen-bond acceptors (Lipinski definition) is 0. The van der Waals surface area contributed by atoms with E-state index in [0.29, 0.717) is 12.0 Å². The van der Waals surface area contributed by atoms with E-state index in [2.05, 4.69) is 43.3 Å². The smallest absolute Gasteiger partial charge is 0.129 e. The van der Waals surface area contributed by atoms with Crippen molar-refractivity contribution in [2.75, 3.05) is 0 Å². The number of hydrogen-bond donors (Lipinski definition) is 0. The molecule has 4 rings (SSSR count). The molecule has 0 aliphatic carbocycles. The second-order valence-electron chi connectivity index (χ2n) is 9.20. The third-order valence-electron chi connectivity index (χ3n) is 6.57. The van der Waals surface area contributed by atoms with E-state index in [1.165, 1.54) is 28.8 Å². The second kappa shape index (κ2) is 11.2. The van der Waals surface area contributed by atoms with Crippen molar-refractivity contribution in [2.24, 2.45) is 0 Å². The quantitative estimate of drug-likeness (QED) is 0.237. The van der Waals surface area contributed by atoms with Crippen LogP contribution in [0.5, 0.6) is 0 Å². The van der Waals surface area contributed by atoms with E-state index in [-0.39, 0.29) is 11.5 Å². The summed E-state index contributed by atoms with van der Waals surface area (Å²) in [6.45, 7) is 4.20. The lowest BCUT2D eigenvalue weighted by molar-refractivity contribution is 0.544. The van der Waals surface area contributed by atoms with Crippen LogP contribution in [-0.4, -0.2) is 0 Å². The third kappa shape index (κ3) is 5.99. The van der Waals surface area contributed by atoms with Gasteiger partial charge in [0, 0.05) is 5.56 Å². The fourth-order valence-electron chi connectivity index (χ4n) is 4.48. The summed E-state index contributed by atoms with van der Waals surface area (Å²) >= 11 is 0. The molecule has 0 heterocycles. The SMILES string of the molecule is CCCc1ccc(CCc2ccc(-c3cc(F)c(CC(C)c4ccccc4)c(F)c3)cc2)cc1. The Bertz CT molecular complexity index is 1170. The largest absolute Gasteiger partial charge is 0.207 e. The van der Waals surface area contributed by atoms with Crippen LogP contribution in [0.4, 0.5) is 8.78 Å². The lowest BCUT2D eigenvalue weighted by Gasteiger charge is -2.14. The van der Waals surface area contributed by atoms with E-state index in [1.807, 2.05) is 49.4 Å². The van der Waals surface area contributed by atoms with Gasteiger partial charge in [-0.15, -0.1) is 0 Å². The highest BCUT2D eigenvalue weighted by Gasteiger charge is 2.16. The maximum atomic E-state index is 14.9. The van der Waals surface area contributed by atoms with Gasteiger partial charge in [-0.25, -0.2) is 8.78 Å². The fourth-order valence-corrected chi connectivity index (χ4v) is 4.48. The Kier molecular flexibility index (Phi) is 7.90. The molecule has 0 fully saturated rings. The minimum absolute atomic E-state index is 0.0400. The molecule has 174 valence electrons. The summed E-state index contributed by atoms with van der Waals surface area (Å²) in [4.78, 5) is 0. The normalized spacial score (nSPS) is 12.0. The maximum Gasteiger partial charge on any atom is 0.129 e. The first-order chi connectivity index (χ1) is 16.5. The molecule has 0 amide bonds. The van der Waals surface area contributed by atoms with Gasteiger partial charge in [0.15, 0.2) is 0 Å². The summed E-state index contributed by atoms with van der Waals surface area (Å²) in [5.74, 6) is -0.917. The van der Waals surface area contributed by atoms with Crippen LogP contribution in [0, 0.1) is 11.6 Å². The third-order valence-corrected chi connectivity index (χ3v) is 6.57. The molecule has 2 heteroatoms. The van der Waals surface area contributed by atoms with Crippen molar-refractivity contribution in [1.29, 1.82) is 0 Å². The Balaban J connectivity index is 1.42. The molecule has 0 saturated heterocycles. The van der Waals surface area contributed by atoms with Crippen LogP contribution in [0.1, 0.15) is 54.0 Å². The molecule has 34 heavy (non-hydrogen) atoms. The maximum absolute atomic E-state index is 14.9. The minimum Gasteiger partial charge on any atom is -0.207 e. The molecule has 1 unspecified atom stereocenters. The van der Waals surface area contributed by atoms with Crippen LogP contribution in [0.15, 0.2) is 91.0 Å². The molecule has 0 nitrogen and oxygen atoms in total. The summed E-state index contributed by atoms with van der Waals surface area (Å²) in [5.41, 5.74) is 6.57. The Morgan fingerprint density at radius 1 is 0.618 bits per heavy atom. The molecular formula is C32H32F2. The Labute approximate surface area is 202 Å². The number of benzene rings is 4. The van der Waals surface area contributed by atoms with Crippen LogP contribution in [0.2, 0.25) is 0 Å². The summed E-state index contributed by atoms with van der Waals surface area (Å²) in [6, 6.07) is 29.7. The van der Waals surface area contributed by atoms with Crippen molar-refractivity contribution in [2.45, 2.75) is 51.9 Å². The van der Waals surface area contributed by atoms with Gasteiger partial charge in [-0.05, 0) is 77.1 Å². The van der Waals surface area contributed by atoms with Crippen molar-refractivity contribution >= 4 is 0 Å². The summed E-state index contributed by atoms with van der Waals surface area (Å²) in [5, 5.41) is 0. The van der Waals surface area contributed by atoms with E-state index < -0.39 is 11.6 Å². The monoisotopic (exact) mass is 454 g/mol. The van der Waals surface area contributed by atoms with Gasteiger partial charge in [0.2, 0.25) is 0 Å². The average molecular weight is 455 g/mol. The molecule has 0 radical (unpaired) electrons. The topological polar surface area (TPSA) is 0 Å². The predicted octanol–water partition coefficient (Wildman–Crippen LogP) is 8.72. The first kappa shape index (κ1) is 23.9. The molecule has 0 aliphatic heterocycles. The highest BCUT2D eigenvalue weighted by Crippen LogP contribution is 2.29. The Hall–Kier alpha value is -3.26. The Morgan fingerprint density at radius 2 is 1.12 bits per heavy atom. The fraction of sp³-hybridized carbons (Fsp3) is 0.250. The minimum atomic E-state index is -0.478. The molecule has 4 aromatic carbocycles. The number of rotatable bonds is 9. The van der Waals surface area contributed by atoms with Gasteiger partial charge in [-0.2, -0.15) is 0 Å². The van der Waals surface area contributed by atoms with Crippen LogP contribution < -0.4 is 0 Å². The van der Waals surface area contributed by atoms with Crippen LogP contribution in [-0.2, 0) is 25.7 Å². The molecule has 1 atom stereocenters. The molecule has 4 aromatic rings. The molecule has 0 aromatic heterocycles. The van der Waals surface area contributed by atoms with Crippen molar-refractivity contribution in [3.05, 3.63) is 130 Å². The first-order valence-electron chi connectivity index (χ1n) is 12.2. The lowest BCUT2D eigenvalue weighted by Crippen LogP contribution is -2.04. The van der Waals surface area contributed by atoms with Crippen LogP contribution in [0.3, 0.4) is 0 Å². The lowest BCUT2D eigenvalue weighted by atomic mass is 9.92. The Morgan fingerprint density at radius 3 is 1.65 bits per heavy atom. The standard InChI is InChI=1S/C32H32F2/c1-3-7-24-10-12-25(13-11-24)14-15-26-16-18-28(19-17-26)29-21-31(33)30(32(34)22-29)20-23(2)27-8-5-4-6-9-27/h4-6,8-13,16-19,21-23H,3,7,14-15,20H2,1-2H3. The molecular weight excluding hydrogens is 422 g/mol. The number of aryl methyl sites for hydroxylation is 3. The van der Waals surface area contributed by atoms with E-state index in [0.717, 1.165) is 36.8 Å². The number of halogens is 2. The second-order valence-corrected chi connectivity index (χ2v) is 9.20. The van der Waals surface area contributed by atoms with Gasteiger partial charge in [0.25, 0.3) is 0 Å². The summed E-state index contributed by atoms with van der Waals surface area (Å²) < 4.78 is 29.8. The zero-order chi connectivity index (χ0) is 23.9. The van der Waals surface area contributed by atoms with Gasteiger partial charge in [-0.3, -0.25) is 0 Å². The zero-order valence-corrected chi connectivity index (χ0v) is 20.0. The molecule has 0 bridgehead atoms. The molecule has 0 saturated carbocycles. The molecule has 0 N–H and O–H groups in total. The van der Waals surface area contributed by atoms with E-state index in [4.69, 9.17) is 0 Å². The van der Waals surface area contributed by atoms with Crippen molar-refractivity contribution < 1.29 is 8.78 Å². The highest BCUT2D eigenvalue weighted by molar-refractivity contribution is 5.64. The van der Waals surface area contributed by atoms with Crippen molar-refractivity contribution in [1.82, 2.24) is 0 Å². The molecule has 0 aliphatic rings. The van der Waals surface area contributed by atoms with Crippen LogP contribution in [0.25, 0.3) is 11.1 Å². The van der Waals surface area contributed by atoms with Gasteiger partial charge >= 0.3 is 0 Å². The predicted molar refractivity (Wildman–Crippen MR) is 138 cm³/mol. The molecule has 0 spiro atoms. The van der Waals surface area contributed by atoms with Crippen molar-refractivity contribution in [3.63, 3.8) is 0 Å². The summed E-state index contributed by atoms with van der Waals surface area (Å²) in [6.07, 6.45) is 4.53. The van der Waals surface area contributed by atoms with Gasteiger partial charge in [-0.1, -0.05) is 99.1 Å². The van der Waals surface area contributed by atoms with Gasteiger partial charge < -0.3 is 0 Å². The van der Waals surface area contributed by atoms with E-state index >= 15 is 0 Å². The zero-order valence-electron chi connectivity index (χ0n) is 20.0. The van der Waals surface area contributed by atoms with Crippen molar-refractivity contribution in [3.8, 4) is 11.1 Å². The van der Waals surface area contributed by atoms with E-state index in [1.54, 1.807) is 0 Å². The average Bonchev–Trinajstić information content (AvgIpc) is 2.86. The van der Waals surface area contributed by atoms with Crippen LogP contribution >= 0.6 is 0 Å². The first-order valence-corrected chi connectivity index (χ1v) is 12.2.